The van der Waals surface area contributed by atoms with Crippen LogP contribution in [0.3, 0.4) is 0 Å². The quantitative estimate of drug-likeness (QED) is 0.725. The monoisotopic (exact) mass is 273 g/mol. The first-order valence-corrected chi connectivity index (χ1v) is 6.18. The van der Waals surface area contributed by atoms with Crippen molar-refractivity contribution in [3.63, 3.8) is 0 Å². The molecule has 0 saturated heterocycles. The molecule has 0 spiro atoms. The third kappa shape index (κ3) is 1.77. The van der Waals surface area contributed by atoms with E-state index in [4.69, 9.17) is 0 Å². The lowest BCUT2D eigenvalue weighted by atomic mass is 10.1. The molecule has 94 valence electrons. The minimum absolute atomic E-state index is 0.0633. The van der Waals surface area contributed by atoms with Crippen molar-refractivity contribution in [1.29, 1.82) is 0 Å². The van der Waals surface area contributed by atoms with Crippen LogP contribution in [0.2, 0.25) is 0 Å². The van der Waals surface area contributed by atoms with Crippen LogP contribution >= 0.6 is 11.3 Å². The molecule has 0 aromatic carbocycles. The Kier molecular flexibility index (Phi) is 2.56. The van der Waals surface area contributed by atoms with Crippen LogP contribution in [-0.4, -0.2) is 22.0 Å². The molecule has 0 bridgehead atoms. The molecule has 3 rings (SSSR count). The average molecular weight is 273 g/mol. The Morgan fingerprint density at radius 1 is 1.42 bits per heavy atom. The molecule has 1 aliphatic rings. The lowest BCUT2D eigenvalue weighted by molar-refractivity contribution is 0.0699. The highest BCUT2D eigenvalue weighted by Gasteiger charge is 2.27. The van der Waals surface area contributed by atoms with Gasteiger partial charge in [0.15, 0.2) is 17.6 Å². The van der Waals surface area contributed by atoms with Crippen LogP contribution in [0.1, 0.15) is 10.4 Å². The van der Waals surface area contributed by atoms with Crippen LogP contribution < -0.4 is 10.6 Å². The molecule has 0 aliphatic carbocycles. The molecule has 19 heavy (non-hydrogen) atoms. The maximum Gasteiger partial charge on any atom is 0.338 e. The zero-order valence-electron chi connectivity index (χ0n) is 9.43. The Morgan fingerprint density at radius 2 is 2.26 bits per heavy atom. The predicted molar refractivity (Wildman–Crippen MR) is 71.0 cm³/mol. The Bertz CT molecular complexity index is 718. The number of fused-ring (bicyclic) bond motifs is 1. The number of carbonyl (C=O) groups is 1. The van der Waals surface area contributed by atoms with Gasteiger partial charge >= 0.3 is 5.97 Å². The van der Waals surface area contributed by atoms with Crippen molar-refractivity contribution in [3.05, 3.63) is 35.1 Å². The number of nitrogens with one attached hydrogen (secondary N) is 2. The lowest BCUT2D eigenvalue weighted by Crippen LogP contribution is -2.04. The molecule has 0 radical (unpaired) electrons. The van der Waals surface area contributed by atoms with Crippen molar-refractivity contribution in [3.8, 4) is 10.4 Å². The van der Waals surface area contributed by atoms with E-state index in [0.29, 0.717) is 11.4 Å². The third-order valence-corrected chi connectivity index (χ3v) is 3.58. The molecule has 3 N–H and O–H groups in total. The van der Waals surface area contributed by atoms with Crippen molar-refractivity contribution >= 4 is 34.8 Å². The summed E-state index contributed by atoms with van der Waals surface area (Å²) in [5.74, 6) is 0.944. The summed E-state index contributed by atoms with van der Waals surface area (Å²) in [6.45, 7) is 0. The summed E-state index contributed by atoms with van der Waals surface area (Å²) >= 11 is 1.42. The van der Waals surface area contributed by atoms with Gasteiger partial charge in [-0.3, -0.25) is 0 Å². The number of aromatic nitrogens is 1. The third-order valence-electron chi connectivity index (χ3n) is 2.67. The smallest absolute Gasteiger partial charge is 0.338 e. The Balaban J connectivity index is 2.25. The largest absolute Gasteiger partial charge is 0.478 e. The first-order chi connectivity index (χ1) is 9.20. The first-order valence-electron chi connectivity index (χ1n) is 5.30. The molecule has 7 heteroatoms. The minimum atomic E-state index is -1.08. The van der Waals surface area contributed by atoms with E-state index >= 15 is 0 Å². The van der Waals surface area contributed by atoms with Crippen molar-refractivity contribution < 1.29 is 14.7 Å². The number of carbonyl (C=O) groups excluding carboxylic acids is 1. The molecular weight excluding hydrogens is 266 g/mol. The Hall–Kier alpha value is -2.63. The standard InChI is InChI=1S/C12H7N3O3S/c16-5-8-14-10-9(12(17)18)6(4-13-11(10)15-8)7-2-1-3-19-7/h1-4,14H,(H,13,15)(H,17,18). The highest BCUT2D eigenvalue weighted by molar-refractivity contribution is 7.13. The lowest BCUT2D eigenvalue weighted by Gasteiger charge is -2.07. The van der Waals surface area contributed by atoms with Gasteiger partial charge in [0, 0.05) is 16.6 Å². The number of hydrogen-bond acceptors (Lipinski definition) is 6. The molecule has 6 nitrogen and oxygen atoms in total. The SMILES string of the molecule is O=C=C1Nc2ncc(-c3cccs3)c(C(=O)O)c2N1. The fourth-order valence-corrected chi connectivity index (χ4v) is 2.64. The summed E-state index contributed by atoms with van der Waals surface area (Å²) in [7, 11) is 0. The normalized spacial score (nSPS) is 12.3. The summed E-state index contributed by atoms with van der Waals surface area (Å²) in [4.78, 5) is 27.0. The van der Waals surface area contributed by atoms with Gasteiger partial charge in [-0.2, -0.15) is 0 Å². The second-order valence-corrected chi connectivity index (χ2v) is 4.73. The van der Waals surface area contributed by atoms with E-state index in [9.17, 15) is 14.7 Å². The van der Waals surface area contributed by atoms with Crippen molar-refractivity contribution in [2.24, 2.45) is 0 Å². The van der Waals surface area contributed by atoms with Gasteiger partial charge in [0.2, 0.25) is 0 Å². The van der Waals surface area contributed by atoms with E-state index in [0.717, 1.165) is 4.88 Å². The van der Waals surface area contributed by atoms with E-state index < -0.39 is 5.97 Å². The molecule has 2 aromatic heterocycles. The molecule has 0 fully saturated rings. The summed E-state index contributed by atoms with van der Waals surface area (Å²) in [6.07, 6.45) is 1.48. The van der Waals surface area contributed by atoms with Crippen LogP contribution in [0.25, 0.3) is 10.4 Å². The number of hydrogen-bond donors (Lipinski definition) is 3. The fourth-order valence-electron chi connectivity index (χ4n) is 1.89. The minimum Gasteiger partial charge on any atom is -0.478 e. The van der Waals surface area contributed by atoms with E-state index in [2.05, 4.69) is 15.6 Å². The van der Waals surface area contributed by atoms with Crippen LogP contribution in [-0.2, 0) is 4.79 Å². The second-order valence-electron chi connectivity index (χ2n) is 3.78. The highest BCUT2D eigenvalue weighted by Crippen LogP contribution is 2.38. The molecule has 0 saturated carbocycles. The van der Waals surface area contributed by atoms with Crippen LogP contribution in [0, 0.1) is 0 Å². The van der Waals surface area contributed by atoms with Gasteiger partial charge in [-0.25, -0.2) is 14.6 Å². The number of carboxylic acid groups (broad SMARTS) is 1. The molecule has 1 aliphatic heterocycles. The number of nitrogens with zero attached hydrogens (tertiary/aromatic N) is 1. The van der Waals surface area contributed by atoms with Crippen molar-refractivity contribution in [2.45, 2.75) is 0 Å². The summed E-state index contributed by atoms with van der Waals surface area (Å²) < 4.78 is 0. The van der Waals surface area contributed by atoms with Crippen molar-refractivity contribution in [1.82, 2.24) is 4.98 Å². The summed E-state index contributed by atoms with van der Waals surface area (Å²) in [5, 5.41) is 16.6. The average Bonchev–Trinajstić information content (AvgIpc) is 3.05. The molecule has 0 amide bonds. The molecule has 2 aromatic rings. The van der Waals surface area contributed by atoms with Crippen LogP contribution in [0.15, 0.2) is 29.5 Å². The van der Waals surface area contributed by atoms with Gasteiger partial charge in [0.05, 0.1) is 11.3 Å². The Morgan fingerprint density at radius 3 is 2.89 bits per heavy atom. The van der Waals surface area contributed by atoms with Gasteiger partial charge in [0.25, 0.3) is 0 Å². The molecule has 0 unspecified atom stereocenters. The van der Waals surface area contributed by atoms with E-state index in [1.54, 1.807) is 5.94 Å². The van der Waals surface area contributed by atoms with Gasteiger partial charge in [-0.1, -0.05) is 6.07 Å². The summed E-state index contributed by atoms with van der Waals surface area (Å²) in [5.41, 5.74) is 0.893. The number of rotatable bonds is 2. The fraction of sp³-hybridized carbons (Fsp3) is 0. The predicted octanol–water partition coefficient (Wildman–Crippen LogP) is 2.02. The zero-order chi connectivity index (χ0) is 13.4. The molecule has 3 heterocycles. The molecule has 0 atom stereocenters. The van der Waals surface area contributed by atoms with Gasteiger partial charge in [0.1, 0.15) is 0 Å². The zero-order valence-corrected chi connectivity index (χ0v) is 10.2. The molecular formula is C12H7N3O3S. The van der Waals surface area contributed by atoms with Crippen LogP contribution in [0.5, 0.6) is 0 Å². The number of pyridine rings is 1. The number of aromatic carboxylic acids is 1. The highest BCUT2D eigenvalue weighted by atomic mass is 32.1. The topological polar surface area (TPSA) is 91.3 Å². The van der Waals surface area contributed by atoms with E-state index in [1.807, 2.05) is 17.5 Å². The number of anilines is 2. The summed E-state index contributed by atoms with van der Waals surface area (Å²) in [6, 6.07) is 3.65. The van der Waals surface area contributed by atoms with E-state index in [1.165, 1.54) is 17.5 Å². The number of carboxylic acids is 1. The van der Waals surface area contributed by atoms with Gasteiger partial charge in [-0.05, 0) is 11.4 Å². The number of thiophene rings is 1. The second kappa shape index (κ2) is 4.24. The maximum absolute atomic E-state index is 11.5. The Labute approximate surface area is 111 Å². The van der Waals surface area contributed by atoms with Gasteiger partial charge < -0.3 is 15.7 Å². The van der Waals surface area contributed by atoms with E-state index in [-0.39, 0.29) is 17.1 Å². The first kappa shape index (κ1) is 11.5. The van der Waals surface area contributed by atoms with Crippen LogP contribution in [0.4, 0.5) is 11.5 Å². The maximum atomic E-state index is 11.5. The van der Waals surface area contributed by atoms with Crippen molar-refractivity contribution in [2.75, 3.05) is 10.6 Å². The van der Waals surface area contributed by atoms with Gasteiger partial charge in [-0.15, -0.1) is 11.3 Å².